The highest BCUT2D eigenvalue weighted by molar-refractivity contribution is 6.03. The Hall–Kier alpha value is -2.53. The molecule has 0 unspecified atom stereocenters. The second-order valence-electron chi connectivity index (χ2n) is 5.94. The van der Waals surface area contributed by atoms with Crippen molar-refractivity contribution in [3.8, 4) is 17.2 Å². The molecule has 1 heterocycles. The van der Waals surface area contributed by atoms with Gasteiger partial charge in [0, 0.05) is 23.4 Å². The number of aliphatic imine (C=N–C) groups is 1. The van der Waals surface area contributed by atoms with Crippen LogP contribution in [0.15, 0.2) is 35.3 Å². The topological polar surface area (TPSA) is 60.3 Å². The van der Waals surface area contributed by atoms with Crippen molar-refractivity contribution in [2.24, 2.45) is 4.99 Å². The smallest absolute Gasteiger partial charge is 0.127 e. The van der Waals surface area contributed by atoms with Crippen LogP contribution in [0.1, 0.15) is 23.1 Å². The summed E-state index contributed by atoms with van der Waals surface area (Å²) >= 11 is 0. The Kier molecular flexibility index (Phi) is 5.24. The summed E-state index contributed by atoms with van der Waals surface area (Å²) in [7, 11) is 3.31. The lowest BCUT2D eigenvalue weighted by molar-refractivity contribution is 0.200. The number of hydrogen-bond donors (Lipinski definition) is 1. The van der Waals surface area contributed by atoms with E-state index < -0.39 is 0 Å². The number of fused-ring (bicyclic) bond motifs is 1. The van der Waals surface area contributed by atoms with Crippen LogP contribution in [0.3, 0.4) is 0 Å². The predicted octanol–water partition coefficient (Wildman–Crippen LogP) is 3.45. The molecule has 2 aromatic carbocycles. The molecule has 2 aromatic rings. The van der Waals surface area contributed by atoms with Crippen molar-refractivity contribution >= 4 is 11.4 Å². The van der Waals surface area contributed by atoms with E-state index in [0.717, 1.165) is 58.2 Å². The fraction of sp³-hybridized carbons (Fsp3) is 0.350. The number of methoxy groups -OCH3 is 2. The van der Waals surface area contributed by atoms with Crippen LogP contribution in [-0.2, 0) is 6.42 Å². The minimum absolute atomic E-state index is 0.00828. The molecule has 0 amide bonds. The Balaban J connectivity index is 1.95. The van der Waals surface area contributed by atoms with E-state index in [1.807, 2.05) is 31.2 Å². The molecule has 0 saturated carbocycles. The van der Waals surface area contributed by atoms with Gasteiger partial charge in [0.15, 0.2) is 0 Å². The molecule has 25 heavy (non-hydrogen) atoms. The van der Waals surface area contributed by atoms with Crippen LogP contribution in [0.4, 0.5) is 5.69 Å². The lowest BCUT2D eigenvalue weighted by Gasteiger charge is -2.20. The zero-order valence-electron chi connectivity index (χ0n) is 14.8. The Morgan fingerprint density at radius 2 is 1.88 bits per heavy atom. The van der Waals surface area contributed by atoms with Crippen LogP contribution in [0.5, 0.6) is 17.2 Å². The molecule has 3 rings (SSSR count). The molecule has 1 aliphatic rings. The molecular weight excluding hydrogens is 318 g/mol. The fourth-order valence-electron chi connectivity index (χ4n) is 3.06. The SMILES string of the molecule is COc1cc2c(c(OC)c1)CCC(c1ccc(OCCO)c(C)c1)=N2. The first-order chi connectivity index (χ1) is 12.2. The lowest BCUT2D eigenvalue weighted by atomic mass is 9.95. The van der Waals surface area contributed by atoms with Crippen LogP contribution in [0, 0.1) is 6.92 Å². The molecule has 0 aliphatic carbocycles. The Bertz CT molecular complexity index is 799. The second-order valence-corrected chi connectivity index (χ2v) is 5.94. The highest BCUT2D eigenvalue weighted by Gasteiger charge is 2.19. The molecule has 0 spiro atoms. The van der Waals surface area contributed by atoms with E-state index in [9.17, 15) is 0 Å². The fourth-order valence-corrected chi connectivity index (χ4v) is 3.06. The molecule has 0 saturated heterocycles. The Morgan fingerprint density at radius 3 is 2.56 bits per heavy atom. The zero-order chi connectivity index (χ0) is 17.8. The van der Waals surface area contributed by atoms with Crippen LogP contribution in [0.2, 0.25) is 0 Å². The first-order valence-electron chi connectivity index (χ1n) is 8.33. The van der Waals surface area contributed by atoms with Crippen molar-refractivity contribution in [2.45, 2.75) is 19.8 Å². The van der Waals surface area contributed by atoms with Gasteiger partial charge in [-0.25, -0.2) is 0 Å². The first kappa shape index (κ1) is 17.3. The molecule has 0 fully saturated rings. The van der Waals surface area contributed by atoms with Crippen LogP contribution < -0.4 is 14.2 Å². The maximum Gasteiger partial charge on any atom is 0.127 e. The van der Waals surface area contributed by atoms with Crippen LogP contribution in [-0.4, -0.2) is 38.3 Å². The minimum atomic E-state index is 0.00828. The number of ether oxygens (including phenoxy) is 3. The van der Waals surface area contributed by atoms with Gasteiger partial charge >= 0.3 is 0 Å². The van der Waals surface area contributed by atoms with Gasteiger partial charge in [0.2, 0.25) is 0 Å². The summed E-state index contributed by atoms with van der Waals surface area (Å²) in [5, 5.41) is 8.89. The van der Waals surface area contributed by atoms with Gasteiger partial charge in [0.1, 0.15) is 23.9 Å². The molecule has 5 nitrogen and oxygen atoms in total. The van der Waals surface area contributed by atoms with E-state index >= 15 is 0 Å². The van der Waals surface area contributed by atoms with Crippen molar-refractivity contribution in [1.29, 1.82) is 0 Å². The maximum absolute atomic E-state index is 8.89. The quantitative estimate of drug-likeness (QED) is 0.874. The largest absolute Gasteiger partial charge is 0.497 e. The van der Waals surface area contributed by atoms with E-state index in [0.29, 0.717) is 6.61 Å². The average molecular weight is 341 g/mol. The van der Waals surface area contributed by atoms with Gasteiger partial charge < -0.3 is 19.3 Å². The standard InChI is InChI=1S/C20H23NO4/c1-13-10-14(4-7-19(13)25-9-8-22)17-6-5-16-18(21-17)11-15(23-2)12-20(16)24-3/h4,7,10-12,22H,5-6,8-9H2,1-3H3. The molecule has 1 aliphatic heterocycles. The van der Waals surface area contributed by atoms with Crippen LogP contribution in [0.25, 0.3) is 0 Å². The molecular formula is C20H23NO4. The third kappa shape index (κ3) is 3.61. The third-order valence-corrected chi connectivity index (χ3v) is 4.34. The van der Waals surface area contributed by atoms with Gasteiger partial charge in [-0.3, -0.25) is 4.99 Å². The summed E-state index contributed by atoms with van der Waals surface area (Å²) in [6, 6.07) is 9.87. The molecule has 0 atom stereocenters. The van der Waals surface area contributed by atoms with Crippen molar-refractivity contribution < 1.29 is 19.3 Å². The monoisotopic (exact) mass is 341 g/mol. The highest BCUT2D eigenvalue weighted by Crippen LogP contribution is 2.38. The summed E-state index contributed by atoms with van der Waals surface area (Å²) in [6.07, 6.45) is 1.73. The van der Waals surface area contributed by atoms with E-state index in [2.05, 4.69) is 6.07 Å². The summed E-state index contributed by atoms with van der Waals surface area (Å²) in [5.41, 5.74) is 5.17. The number of nitrogens with zero attached hydrogens (tertiary/aromatic N) is 1. The molecule has 0 aromatic heterocycles. The zero-order valence-corrected chi connectivity index (χ0v) is 14.8. The van der Waals surface area contributed by atoms with Gasteiger partial charge in [0.25, 0.3) is 0 Å². The third-order valence-electron chi connectivity index (χ3n) is 4.34. The summed E-state index contributed by atoms with van der Waals surface area (Å²) < 4.78 is 16.4. The Labute approximate surface area is 147 Å². The van der Waals surface area contributed by atoms with E-state index in [1.165, 1.54) is 0 Å². The number of rotatable bonds is 6. The molecule has 5 heteroatoms. The number of aryl methyl sites for hydroxylation is 1. The summed E-state index contributed by atoms with van der Waals surface area (Å²) in [4.78, 5) is 4.84. The second kappa shape index (κ2) is 7.57. The van der Waals surface area contributed by atoms with E-state index in [4.69, 9.17) is 24.3 Å². The minimum Gasteiger partial charge on any atom is -0.497 e. The van der Waals surface area contributed by atoms with E-state index in [1.54, 1.807) is 14.2 Å². The van der Waals surface area contributed by atoms with Crippen LogP contribution >= 0.6 is 0 Å². The number of benzene rings is 2. The van der Waals surface area contributed by atoms with Gasteiger partial charge in [0.05, 0.1) is 26.5 Å². The van der Waals surface area contributed by atoms with Gasteiger partial charge in [-0.2, -0.15) is 0 Å². The van der Waals surface area contributed by atoms with Crippen molar-refractivity contribution in [2.75, 3.05) is 27.4 Å². The van der Waals surface area contributed by atoms with Gasteiger partial charge in [-0.1, -0.05) is 0 Å². The average Bonchev–Trinajstić information content (AvgIpc) is 2.65. The number of aliphatic hydroxyl groups is 1. The van der Waals surface area contributed by atoms with Gasteiger partial charge in [-0.15, -0.1) is 0 Å². The number of hydrogen-bond acceptors (Lipinski definition) is 5. The molecule has 0 radical (unpaired) electrons. The van der Waals surface area contributed by atoms with Crippen molar-refractivity contribution in [3.05, 3.63) is 47.0 Å². The molecule has 1 N–H and O–H groups in total. The molecule has 0 bridgehead atoms. The highest BCUT2D eigenvalue weighted by atomic mass is 16.5. The lowest BCUT2D eigenvalue weighted by Crippen LogP contribution is -2.10. The maximum atomic E-state index is 8.89. The van der Waals surface area contributed by atoms with Crippen molar-refractivity contribution in [1.82, 2.24) is 0 Å². The van der Waals surface area contributed by atoms with Crippen molar-refractivity contribution in [3.63, 3.8) is 0 Å². The predicted molar refractivity (Wildman–Crippen MR) is 97.8 cm³/mol. The summed E-state index contributed by atoms with van der Waals surface area (Å²) in [5.74, 6) is 2.35. The normalized spacial score (nSPS) is 13.0. The first-order valence-corrected chi connectivity index (χ1v) is 8.33. The van der Waals surface area contributed by atoms with Gasteiger partial charge in [-0.05, 0) is 49.1 Å². The molecule has 132 valence electrons. The van der Waals surface area contributed by atoms with E-state index in [-0.39, 0.29) is 6.61 Å². The Morgan fingerprint density at radius 1 is 1.04 bits per heavy atom. The summed E-state index contributed by atoms with van der Waals surface area (Å²) in [6.45, 7) is 2.31. The number of aliphatic hydroxyl groups excluding tert-OH is 1.